The van der Waals surface area contributed by atoms with Gasteiger partial charge >= 0.3 is 6.18 Å². The van der Waals surface area contributed by atoms with Crippen molar-refractivity contribution in [2.24, 2.45) is 0 Å². The van der Waals surface area contributed by atoms with E-state index in [2.05, 4.69) is 21.2 Å². The maximum atomic E-state index is 13.6. The predicted molar refractivity (Wildman–Crippen MR) is 61.1 cm³/mol. The van der Waals surface area contributed by atoms with Crippen molar-refractivity contribution < 1.29 is 22.0 Å². The molecule has 0 saturated carbocycles. The van der Waals surface area contributed by atoms with E-state index < -0.39 is 30.3 Å². The van der Waals surface area contributed by atoms with Gasteiger partial charge in [0.25, 0.3) is 0 Å². The van der Waals surface area contributed by atoms with Gasteiger partial charge in [0.05, 0.1) is 10.9 Å². The molecule has 102 valence electrons. The summed E-state index contributed by atoms with van der Waals surface area (Å²) in [5, 5.41) is 2.50. The van der Waals surface area contributed by atoms with Crippen LogP contribution in [-0.4, -0.2) is 12.7 Å². The second kappa shape index (κ2) is 5.97. The fourth-order valence-corrected chi connectivity index (χ4v) is 1.89. The molecule has 0 heterocycles. The molecule has 1 unspecified atom stereocenters. The highest BCUT2D eigenvalue weighted by atomic mass is 79.9. The maximum absolute atomic E-state index is 13.6. The lowest BCUT2D eigenvalue weighted by atomic mass is 10.0. The number of nitrogens with one attached hydrogen (secondary N) is 1. The van der Waals surface area contributed by atoms with Crippen LogP contribution in [0.2, 0.25) is 0 Å². The molecule has 1 nitrogen and oxygen atoms in total. The molecule has 1 N–H and O–H groups in total. The first kappa shape index (κ1) is 15.4. The Morgan fingerprint density at radius 1 is 1.22 bits per heavy atom. The Kier molecular flexibility index (Phi) is 5.10. The van der Waals surface area contributed by atoms with Crippen molar-refractivity contribution in [1.82, 2.24) is 5.32 Å². The topological polar surface area (TPSA) is 12.0 Å². The van der Waals surface area contributed by atoms with Crippen LogP contribution in [0.4, 0.5) is 22.0 Å². The van der Waals surface area contributed by atoms with E-state index in [1.165, 1.54) is 0 Å². The standard InChI is InChI=1S/C11H11BrF5N/c1-2-18-10(5-11(15,16)17)6-3-9(14)7(12)4-8(6)13/h3-4,10,18H,2,5H2,1H3. The fourth-order valence-electron chi connectivity index (χ4n) is 1.57. The molecular formula is C11H11BrF5N. The van der Waals surface area contributed by atoms with E-state index >= 15 is 0 Å². The molecule has 0 saturated heterocycles. The molecule has 7 heteroatoms. The molecule has 1 atom stereocenters. The zero-order valence-electron chi connectivity index (χ0n) is 9.41. The number of halogens is 6. The van der Waals surface area contributed by atoms with E-state index in [0.717, 1.165) is 12.1 Å². The van der Waals surface area contributed by atoms with E-state index in [1.807, 2.05) is 0 Å². The van der Waals surface area contributed by atoms with E-state index in [4.69, 9.17) is 0 Å². The molecule has 0 fully saturated rings. The third kappa shape index (κ3) is 4.20. The quantitative estimate of drug-likeness (QED) is 0.639. The Hall–Kier alpha value is -0.690. The van der Waals surface area contributed by atoms with Gasteiger partial charge in [-0.25, -0.2) is 8.78 Å². The van der Waals surface area contributed by atoms with Crippen molar-refractivity contribution in [3.05, 3.63) is 33.8 Å². The maximum Gasteiger partial charge on any atom is 0.390 e. The van der Waals surface area contributed by atoms with E-state index in [-0.39, 0.29) is 16.6 Å². The minimum atomic E-state index is -4.46. The number of hydrogen-bond donors (Lipinski definition) is 1. The first-order valence-electron chi connectivity index (χ1n) is 5.19. The molecule has 0 radical (unpaired) electrons. The minimum Gasteiger partial charge on any atom is -0.310 e. The van der Waals surface area contributed by atoms with Gasteiger partial charge in [-0.3, -0.25) is 0 Å². The van der Waals surface area contributed by atoms with E-state index in [1.54, 1.807) is 6.92 Å². The Labute approximate surface area is 110 Å². The van der Waals surface area contributed by atoms with Crippen molar-refractivity contribution in [3.8, 4) is 0 Å². The van der Waals surface area contributed by atoms with Crippen LogP contribution in [0.3, 0.4) is 0 Å². The number of alkyl halides is 3. The van der Waals surface area contributed by atoms with E-state index in [0.29, 0.717) is 0 Å². The highest BCUT2D eigenvalue weighted by molar-refractivity contribution is 9.10. The molecule has 0 aliphatic carbocycles. The van der Waals surface area contributed by atoms with Gasteiger partial charge in [0.1, 0.15) is 11.6 Å². The molecule has 0 amide bonds. The smallest absolute Gasteiger partial charge is 0.310 e. The lowest BCUT2D eigenvalue weighted by molar-refractivity contribution is -0.140. The second-order valence-electron chi connectivity index (χ2n) is 3.72. The van der Waals surface area contributed by atoms with Gasteiger partial charge in [-0.05, 0) is 34.6 Å². The zero-order valence-corrected chi connectivity index (χ0v) is 11.0. The third-order valence-electron chi connectivity index (χ3n) is 2.30. The summed E-state index contributed by atoms with van der Waals surface area (Å²) in [6, 6.07) is 0.307. The molecule has 18 heavy (non-hydrogen) atoms. The van der Waals surface area contributed by atoms with Crippen LogP contribution in [0, 0.1) is 11.6 Å². The SMILES string of the molecule is CCNC(CC(F)(F)F)c1cc(F)c(Br)cc1F. The molecular weight excluding hydrogens is 321 g/mol. The lowest BCUT2D eigenvalue weighted by Crippen LogP contribution is -2.27. The zero-order chi connectivity index (χ0) is 13.9. The second-order valence-corrected chi connectivity index (χ2v) is 4.57. The monoisotopic (exact) mass is 331 g/mol. The summed E-state index contributed by atoms with van der Waals surface area (Å²) >= 11 is 2.77. The summed E-state index contributed by atoms with van der Waals surface area (Å²) < 4.78 is 63.8. The number of benzene rings is 1. The Balaban J connectivity index is 3.09. The first-order chi connectivity index (χ1) is 8.24. The normalized spacial score (nSPS) is 13.7. The lowest BCUT2D eigenvalue weighted by Gasteiger charge is -2.20. The van der Waals surface area contributed by atoms with Gasteiger partial charge < -0.3 is 5.32 Å². The van der Waals surface area contributed by atoms with Crippen molar-refractivity contribution in [2.45, 2.75) is 25.6 Å². The molecule has 1 rings (SSSR count). The minimum absolute atomic E-state index is 0.119. The van der Waals surface area contributed by atoms with Crippen molar-refractivity contribution >= 4 is 15.9 Å². The highest BCUT2D eigenvalue weighted by Crippen LogP contribution is 2.32. The third-order valence-corrected chi connectivity index (χ3v) is 2.91. The first-order valence-corrected chi connectivity index (χ1v) is 5.98. The number of rotatable bonds is 4. The van der Waals surface area contributed by atoms with Gasteiger partial charge in [-0.15, -0.1) is 0 Å². The summed E-state index contributed by atoms with van der Waals surface area (Å²) in [4.78, 5) is 0. The predicted octanol–water partition coefficient (Wildman–Crippen LogP) is 4.33. The van der Waals surface area contributed by atoms with Gasteiger partial charge in [0.2, 0.25) is 0 Å². The van der Waals surface area contributed by atoms with Crippen LogP contribution in [-0.2, 0) is 0 Å². The van der Waals surface area contributed by atoms with Gasteiger partial charge in [-0.2, -0.15) is 13.2 Å². The molecule has 1 aromatic rings. The summed E-state index contributed by atoms with van der Waals surface area (Å²) in [6.45, 7) is 1.81. The van der Waals surface area contributed by atoms with E-state index in [9.17, 15) is 22.0 Å². The molecule has 0 spiro atoms. The fraction of sp³-hybridized carbons (Fsp3) is 0.455. The van der Waals surface area contributed by atoms with Crippen LogP contribution in [0.1, 0.15) is 24.9 Å². The van der Waals surface area contributed by atoms with Gasteiger partial charge in [-0.1, -0.05) is 6.92 Å². The summed E-state index contributed by atoms with van der Waals surface area (Å²) in [5.74, 6) is -1.67. The average Bonchev–Trinajstić information content (AvgIpc) is 2.21. The highest BCUT2D eigenvalue weighted by Gasteiger charge is 2.33. The van der Waals surface area contributed by atoms with Gasteiger partial charge in [0.15, 0.2) is 0 Å². The summed E-state index contributed by atoms with van der Waals surface area (Å²) in [6.07, 6.45) is -5.71. The summed E-state index contributed by atoms with van der Waals surface area (Å²) in [5.41, 5.74) is -0.324. The van der Waals surface area contributed by atoms with Crippen molar-refractivity contribution in [2.75, 3.05) is 6.54 Å². The molecule has 0 bridgehead atoms. The molecule has 0 aliphatic heterocycles. The number of hydrogen-bond acceptors (Lipinski definition) is 1. The van der Waals surface area contributed by atoms with Crippen LogP contribution < -0.4 is 5.32 Å². The Morgan fingerprint density at radius 2 is 1.83 bits per heavy atom. The van der Waals surface area contributed by atoms with Crippen LogP contribution in [0.5, 0.6) is 0 Å². The molecule has 1 aromatic carbocycles. The largest absolute Gasteiger partial charge is 0.390 e. The van der Waals surface area contributed by atoms with Crippen molar-refractivity contribution in [3.63, 3.8) is 0 Å². The van der Waals surface area contributed by atoms with Crippen LogP contribution >= 0.6 is 15.9 Å². The van der Waals surface area contributed by atoms with Crippen LogP contribution in [0.15, 0.2) is 16.6 Å². The summed E-state index contributed by atoms with van der Waals surface area (Å²) in [7, 11) is 0. The molecule has 0 aliphatic rings. The molecule has 0 aromatic heterocycles. The Morgan fingerprint density at radius 3 is 2.33 bits per heavy atom. The Bertz CT molecular complexity index is 419. The van der Waals surface area contributed by atoms with Crippen LogP contribution in [0.25, 0.3) is 0 Å². The average molecular weight is 332 g/mol. The van der Waals surface area contributed by atoms with Gasteiger partial charge in [0, 0.05) is 11.6 Å². The van der Waals surface area contributed by atoms with Crippen molar-refractivity contribution in [1.29, 1.82) is 0 Å².